The van der Waals surface area contributed by atoms with Crippen molar-refractivity contribution in [3.05, 3.63) is 95.4 Å². The van der Waals surface area contributed by atoms with Crippen molar-refractivity contribution in [2.24, 2.45) is 0 Å². The third-order valence-corrected chi connectivity index (χ3v) is 5.81. The smallest absolute Gasteiger partial charge is 0.287 e. The fourth-order valence-electron chi connectivity index (χ4n) is 4.07. The van der Waals surface area contributed by atoms with Gasteiger partial charge in [0.15, 0.2) is 5.76 Å². The minimum Gasteiger partial charge on any atom is -0.459 e. The van der Waals surface area contributed by atoms with Crippen LogP contribution in [0.2, 0.25) is 0 Å². The van der Waals surface area contributed by atoms with Crippen LogP contribution in [0, 0.1) is 0 Å². The van der Waals surface area contributed by atoms with Crippen LogP contribution in [0.15, 0.2) is 77.4 Å². The van der Waals surface area contributed by atoms with Crippen molar-refractivity contribution in [3.63, 3.8) is 0 Å². The molecule has 1 aliphatic rings. The van der Waals surface area contributed by atoms with Gasteiger partial charge < -0.3 is 15.1 Å². The van der Waals surface area contributed by atoms with Crippen molar-refractivity contribution in [3.8, 4) is 0 Å². The summed E-state index contributed by atoms with van der Waals surface area (Å²) in [4.78, 5) is 28.1. The van der Waals surface area contributed by atoms with Crippen LogP contribution in [0.25, 0.3) is 0 Å². The van der Waals surface area contributed by atoms with E-state index in [9.17, 15) is 9.59 Å². The van der Waals surface area contributed by atoms with Crippen LogP contribution in [0.3, 0.4) is 0 Å². The molecule has 1 aliphatic heterocycles. The highest BCUT2D eigenvalue weighted by Gasteiger charge is 2.23. The van der Waals surface area contributed by atoms with Crippen LogP contribution >= 0.6 is 0 Å². The number of nitrogens with one attached hydrogen (secondary N) is 2. The number of nitrogens with zero attached hydrogens (tertiary/aromatic N) is 1. The highest BCUT2D eigenvalue weighted by atomic mass is 16.3. The molecule has 2 aromatic carbocycles. The van der Waals surface area contributed by atoms with Crippen LogP contribution < -0.4 is 10.6 Å². The van der Waals surface area contributed by atoms with E-state index in [4.69, 9.17) is 4.42 Å². The molecule has 0 saturated carbocycles. The fourth-order valence-corrected chi connectivity index (χ4v) is 4.07. The molecular weight excluding hydrogens is 402 g/mol. The molecule has 6 nitrogen and oxygen atoms in total. The largest absolute Gasteiger partial charge is 0.459 e. The van der Waals surface area contributed by atoms with Crippen molar-refractivity contribution in [2.75, 3.05) is 13.1 Å². The minimum atomic E-state index is -0.708. The van der Waals surface area contributed by atoms with Crippen molar-refractivity contribution in [1.29, 1.82) is 0 Å². The molecule has 1 saturated heterocycles. The molecule has 1 fully saturated rings. The molecule has 4 rings (SSSR count). The SMILES string of the molecule is O=C(N[C@@H](Cc1ccccc1)C(=O)NCc1ccccc1CN1CCCC1)c1ccco1. The molecule has 0 spiro atoms. The summed E-state index contributed by atoms with van der Waals surface area (Å²) in [6.45, 7) is 3.57. The van der Waals surface area contributed by atoms with E-state index in [2.05, 4.69) is 27.7 Å². The molecular formula is C26H29N3O3. The lowest BCUT2D eigenvalue weighted by Crippen LogP contribution is -2.47. The molecule has 2 heterocycles. The molecule has 6 heteroatoms. The van der Waals surface area contributed by atoms with E-state index in [-0.39, 0.29) is 11.7 Å². The second-order valence-electron chi connectivity index (χ2n) is 8.16. The van der Waals surface area contributed by atoms with Crippen molar-refractivity contribution in [1.82, 2.24) is 15.5 Å². The van der Waals surface area contributed by atoms with Gasteiger partial charge in [-0.15, -0.1) is 0 Å². The van der Waals surface area contributed by atoms with Crippen LogP contribution in [0.5, 0.6) is 0 Å². The molecule has 2 N–H and O–H groups in total. The predicted octanol–water partition coefficient (Wildman–Crippen LogP) is 3.53. The first-order valence-electron chi connectivity index (χ1n) is 11.1. The van der Waals surface area contributed by atoms with Gasteiger partial charge in [0, 0.05) is 19.5 Å². The van der Waals surface area contributed by atoms with Crippen LogP contribution in [-0.4, -0.2) is 35.8 Å². The molecule has 1 atom stereocenters. The van der Waals surface area contributed by atoms with E-state index in [0.717, 1.165) is 30.8 Å². The van der Waals surface area contributed by atoms with Crippen LogP contribution in [-0.2, 0) is 24.3 Å². The molecule has 166 valence electrons. The molecule has 2 amide bonds. The number of carbonyl (C=O) groups excluding carboxylic acids is 2. The maximum atomic E-state index is 13.1. The van der Waals surface area contributed by atoms with E-state index < -0.39 is 11.9 Å². The van der Waals surface area contributed by atoms with E-state index in [1.54, 1.807) is 12.1 Å². The summed E-state index contributed by atoms with van der Waals surface area (Å²) in [7, 11) is 0. The highest BCUT2D eigenvalue weighted by molar-refractivity contribution is 5.95. The normalized spacial score (nSPS) is 14.8. The summed E-state index contributed by atoms with van der Waals surface area (Å²) < 4.78 is 5.19. The third-order valence-electron chi connectivity index (χ3n) is 5.81. The summed E-state index contributed by atoms with van der Waals surface area (Å²) in [5.41, 5.74) is 3.30. The summed E-state index contributed by atoms with van der Waals surface area (Å²) in [6, 6.07) is 20.4. The number of carbonyl (C=O) groups is 2. The second kappa shape index (κ2) is 10.8. The first-order valence-corrected chi connectivity index (χ1v) is 11.1. The standard InChI is InChI=1S/C26H29N3O3/c30-25(27-18-21-11-4-5-12-22(21)19-29-14-6-7-15-29)23(17-20-9-2-1-3-10-20)28-26(31)24-13-8-16-32-24/h1-5,8-13,16,23H,6-7,14-15,17-19H2,(H,27,30)(H,28,31)/t23-/m0/s1. The van der Waals surface area contributed by atoms with Gasteiger partial charge >= 0.3 is 0 Å². The Hall–Kier alpha value is -3.38. The summed E-state index contributed by atoms with van der Waals surface area (Å²) in [5.74, 6) is -0.433. The predicted molar refractivity (Wildman–Crippen MR) is 123 cm³/mol. The van der Waals surface area contributed by atoms with Crippen molar-refractivity contribution in [2.45, 2.75) is 38.4 Å². The molecule has 0 aliphatic carbocycles. The number of furan rings is 1. The van der Waals surface area contributed by atoms with Gasteiger partial charge in [0.25, 0.3) is 5.91 Å². The van der Waals surface area contributed by atoms with Gasteiger partial charge in [0.05, 0.1) is 6.26 Å². The van der Waals surface area contributed by atoms with Gasteiger partial charge in [0.1, 0.15) is 6.04 Å². The Labute approximate surface area is 188 Å². The number of amides is 2. The molecule has 1 aromatic heterocycles. The zero-order chi connectivity index (χ0) is 22.2. The highest BCUT2D eigenvalue weighted by Crippen LogP contribution is 2.16. The van der Waals surface area contributed by atoms with Gasteiger partial charge in [-0.3, -0.25) is 14.5 Å². The van der Waals surface area contributed by atoms with Crippen molar-refractivity contribution >= 4 is 11.8 Å². The first-order chi connectivity index (χ1) is 15.7. The average Bonchev–Trinajstić information content (AvgIpc) is 3.53. The van der Waals surface area contributed by atoms with Gasteiger partial charge in [-0.1, -0.05) is 54.6 Å². The minimum absolute atomic E-state index is 0.187. The van der Waals surface area contributed by atoms with Crippen LogP contribution in [0.1, 0.15) is 40.1 Å². The average molecular weight is 432 g/mol. The first kappa shape index (κ1) is 21.8. The Bertz CT molecular complexity index is 1010. The van der Waals surface area contributed by atoms with E-state index in [0.29, 0.717) is 13.0 Å². The maximum Gasteiger partial charge on any atom is 0.287 e. The lowest BCUT2D eigenvalue weighted by atomic mass is 10.0. The Kier molecular flexibility index (Phi) is 7.35. The maximum absolute atomic E-state index is 13.1. The number of hydrogen-bond acceptors (Lipinski definition) is 4. The van der Waals surface area contributed by atoms with E-state index in [1.165, 1.54) is 24.7 Å². The zero-order valence-electron chi connectivity index (χ0n) is 18.1. The van der Waals surface area contributed by atoms with Gasteiger partial charge in [-0.05, 0) is 54.8 Å². The number of likely N-dealkylation sites (tertiary alicyclic amines) is 1. The lowest BCUT2D eigenvalue weighted by molar-refractivity contribution is -0.123. The fraction of sp³-hybridized carbons (Fsp3) is 0.308. The summed E-state index contributed by atoms with van der Waals surface area (Å²) in [5, 5.41) is 5.86. The number of hydrogen-bond donors (Lipinski definition) is 2. The topological polar surface area (TPSA) is 74.6 Å². The van der Waals surface area contributed by atoms with Gasteiger partial charge in [-0.25, -0.2) is 0 Å². The number of benzene rings is 2. The Morgan fingerprint density at radius 2 is 1.62 bits per heavy atom. The Balaban J connectivity index is 1.43. The molecule has 3 aromatic rings. The Morgan fingerprint density at radius 3 is 2.34 bits per heavy atom. The van der Waals surface area contributed by atoms with Crippen molar-refractivity contribution < 1.29 is 14.0 Å². The monoisotopic (exact) mass is 431 g/mol. The third kappa shape index (κ3) is 5.86. The van der Waals surface area contributed by atoms with Crippen LogP contribution in [0.4, 0.5) is 0 Å². The molecule has 32 heavy (non-hydrogen) atoms. The summed E-state index contributed by atoms with van der Waals surface area (Å²) >= 11 is 0. The van der Waals surface area contributed by atoms with Gasteiger partial charge in [0.2, 0.25) is 5.91 Å². The second-order valence-corrected chi connectivity index (χ2v) is 8.16. The number of rotatable bonds is 9. The quantitative estimate of drug-likeness (QED) is 0.544. The van der Waals surface area contributed by atoms with Gasteiger partial charge in [-0.2, -0.15) is 0 Å². The summed E-state index contributed by atoms with van der Waals surface area (Å²) in [6.07, 6.45) is 4.33. The lowest BCUT2D eigenvalue weighted by Gasteiger charge is -2.20. The van der Waals surface area contributed by atoms with E-state index in [1.807, 2.05) is 42.5 Å². The zero-order valence-corrected chi connectivity index (χ0v) is 18.1. The molecule has 0 unspecified atom stereocenters. The molecule has 0 radical (unpaired) electrons. The molecule has 0 bridgehead atoms. The van der Waals surface area contributed by atoms with E-state index >= 15 is 0 Å². The Morgan fingerprint density at radius 1 is 0.906 bits per heavy atom.